The number of hydrogen-bond acceptors (Lipinski definition) is 6. The van der Waals surface area contributed by atoms with Crippen molar-refractivity contribution in [2.24, 2.45) is 0 Å². The molecule has 0 bridgehead atoms. The van der Waals surface area contributed by atoms with E-state index in [2.05, 4.69) is 0 Å². The third kappa shape index (κ3) is 3.51. The van der Waals surface area contributed by atoms with Crippen LogP contribution in [0.1, 0.15) is 0 Å². The van der Waals surface area contributed by atoms with Crippen molar-refractivity contribution < 1.29 is 19.2 Å². The lowest BCUT2D eigenvalue weighted by Gasteiger charge is -2.15. The van der Waals surface area contributed by atoms with Crippen LogP contribution in [-0.4, -0.2) is 23.6 Å². The summed E-state index contributed by atoms with van der Waals surface area (Å²) in [6.07, 6.45) is 4.99. The van der Waals surface area contributed by atoms with Crippen LogP contribution in [0.2, 0.25) is 0 Å². The van der Waals surface area contributed by atoms with Gasteiger partial charge < -0.3 is 0 Å². The molecular formula is C20H12N2O4S2. The summed E-state index contributed by atoms with van der Waals surface area (Å²) in [6, 6.07) is 14.2. The first kappa shape index (κ1) is 18.3. The summed E-state index contributed by atoms with van der Waals surface area (Å²) in [6.45, 7) is 0. The zero-order valence-corrected chi connectivity index (χ0v) is 15.9. The van der Waals surface area contributed by atoms with E-state index in [4.69, 9.17) is 0 Å². The van der Waals surface area contributed by atoms with Gasteiger partial charge in [0.2, 0.25) is 0 Å². The molecule has 2 aliphatic heterocycles. The number of carbonyl (C=O) groups excluding carboxylic acids is 4. The number of amides is 4. The molecule has 0 spiro atoms. The third-order valence-electron chi connectivity index (χ3n) is 4.00. The highest BCUT2D eigenvalue weighted by Gasteiger charge is 2.26. The smallest absolute Gasteiger partial charge is 0.258 e. The Morgan fingerprint density at radius 3 is 1.25 bits per heavy atom. The Labute approximate surface area is 168 Å². The molecule has 0 aromatic heterocycles. The van der Waals surface area contributed by atoms with E-state index < -0.39 is 0 Å². The number of imide groups is 2. The molecule has 0 aliphatic carbocycles. The van der Waals surface area contributed by atoms with Crippen molar-refractivity contribution in [3.63, 3.8) is 0 Å². The summed E-state index contributed by atoms with van der Waals surface area (Å²) in [4.78, 5) is 51.3. The molecule has 4 rings (SSSR count). The first-order valence-electron chi connectivity index (χ1n) is 8.20. The molecule has 0 saturated heterocycles. The zero-order chi connectivity index (χ0) is 19.7. The van der Waals surface area contributed by atoms with Crippen LogP contribution in [0.5, 0.6) is 0 Å². The second-order valence-electron chi connectivity index (χ2n) is 5.85. The van der Waals surface area contributed by atoms with Crippen molar-refractivity contribution in [1.29, 1.82) is 0 Å². The second kappa shape index (κ2) is 7.49. The van der Waals surface area contributed by atoms with Crippen molar-refractivity contribution >= 4 is 56.6 Å². The molecule has 0 unspecified atom stereocenters. The lowest BCUT2D eigenvalue weighted by molar-refractivity contribution is -0.121. The fourth-order valence-electron chi connectivity index (χ4n) is 2.75. The predicted molar refractivity (Wildman–Crippen MR) is 108 cm³/mol. The summed E-state index contributed by atoms with van der Waals surface area (Å²) in [7, 11) is 2.89. The van der Waals surface area contributed by atoms with Gasteiger partial charge >= 0.3 is 0 Å². The lowest BCUT2D eigenvalue weighted by atomic mass is 10.3. The van der Waals surface area contributed by atoms with E-state index in [0.717, 1.165) is 19.6 Å². The van der Waals surface area contributed by atoms with Crippen molar-refractivity contribution in [3.8, 4) is 0 Å². The van der Waals surface area contributed by atoms with Gasteiger partial charge in [-0.05, 0) is 36.4 Å². The van der Waals surface area contributed by atoms with E-state index >= 15 is 0 Å². The average molecular weight is 408 g/mol. The second-order valence-corrected chi connectivity index (χ2v) is 8.13. The molecule has 6 nitrogen and oxygen atoms in total. The van der Waals surface area contributed by atoms with Gasteiger partial charge in [0.1, 0.15) is 0 Å². The van der Waals surface area contributed by atoms with E-state index in [1.54, 1.807) is 36.4 Å². The van der Waals surface area contributed by atoms with E-state index in [1.165, 1.54) is 45.9 Å². The number of benzene rings is 2. The highest BCUT2D eigenvalue weighted by Crippen LogP contribution is 2.40. The standard InChI is InChI=1S/C20H12N2O4S2/c23-17-7-8-18(24)21(17)13-3-1-5-15(11-13)27-28-16-6-2-4-14(12-16)22-19(25)9-10-20(22)26/h1-12H. The Kier molecular flexibility index (Phi) is 4.89. The summed E-state index contributed by atoms with van der Waals surface area (Å²) in [5.74, 6) is -1.44. The van der Waals surface area contributed by atoms with Gasteiger partial charge in [-0.15, -0.1) is 0 Å². The summed E-state index contributed by atoms with van der Waals surface area (Å²) >= 11 is 0. The highest BCUT2D eigenvalue weighted by atomic mass is 33.1. The normalized spacial score (nSPS) is 16.0. The Morgan fingerprint density at radius 1 is 0.536 bits per heavy atom. The maximum absolute atomic E-state index is 11.8. The Hall–Kier alpha value is -3.10. The molecule has 0 atom stereocenters. The van der Waals surface area contributed by atoms with Gasteiger partial charge in [-0.2, -0.15) is 0 Å². The van der Waals surface area contributed by atoms with Crippen molar-refractivity contribution in [2.45, 2.75) is 9.79 Å². The van der Waals surface area contributed by atoms with Gasteiger partial charge in [-0.25, -0.2) is 9.80 Å². The maximum Gasteiger partial charge on any atom is 0.258 e. The van der Waals surface area contributed by atoms with Crippen molar-refractivity contribution in [3.05, 3.63) is 72.8 Å². The summed E-state index contributed by atoms with van der Waals surface area (Å²) in [5, 5.41) is 0. The highest BCUT2D eigenvalue weighted by molar-refractivity contribution is 8.76. The number of carbonyl (C=O) groups is 4. The Balaban J connectivity index is 1.48. The monoisotopic (exact) mass is 408 g/mol. The first-order valence-corrected chi connectivity index (χ1v) is 10.3. The molecule has 2 aromatic rings. The maximum atomic E-state index is 11.8. The third-order valence-corrected chi connectivity index (χ3v) is 6.39. The molecular weight excluding hydrogens is 396 g/mol. The van der Waals surface area contributed by atoms with Gasteiger partial charge in [0.25, 0.3) is 23.6 Å². The largest absolute Gasteiger partial charge is 0.269 e. The summed E-state index contributed by atoms with van der Waals surface area (Å²) < 4.78 is 0. The van der Waals surface area contributed by atoms with Crippen molar-refractivity contribution in [1.82, 2.24) is 0 Å². The van der Waals surface area contributed by atoms with Crippen LogP contribution in [-0.2, 0) is 19.2 Å². The molecule has 0 saturated carbocycles. The molecule has 2 aromatic carbocycles. The molecule has 0 radical (unpaired) electrons. The topological polar surface area (TPSA) is 74.8 Å². The first-order chi connectivity index (χ1) is 13.5. The molecule has 28 heavy (non-hydrogen) atoms. The molecule has 2 heterocycles. The van der Waals surface area contributed by atoms with Crippen LogP contribution in [0.15, 0.2) is 82.6 Å². The van der Waals surface area contributed by atoms with Crippen molar-refractivity contribution in [2.75, 3.05) is 9.80 Å². The molecule has 0 N–H and O–H groups in total. The average Bonchev–Trinajstić information content (AvgIpc) is 3.21. The van der Waals surface area contributed by atoms with Crippen LogP contribution in [0.3, 0.4) is 0 Å². The molecule has 8 heteroatoms. The number of hydrogen-bond donors (Lipinski definition) is 0. The van der Waals surface area contributed by atoms with Gasteiger partial charge in [0.05, 0.1) is 11.4 Å². The SMILES string of the molecule is O=C1C=CC(=O)N1c1cccc(SSc2cccc(N3C(=O)C=CC3=O)c2)c1. The number of rotatable bonds is 5. The van der Waals surface area contributed by atoms with Crippen LogP contribution in [0.25, 0.3) is 0 Å². The lowest BCUT2D eigenvalue weighted by Crippen LogP contribution is -2.29. The zero-order valence-electron chi connectivity index (χ0n) is 14.3. The van der Waals surface area contributed by atoms with Gasteiger partial charge in [-0.1, -0.05) is 33.7 Å². The quantitative estimate of drug-likeness (QED) is 0.558. The van der Waals surface area contributed by atoms with Gasteiger partial charge in [0, 0.05) is 34.1 Å². The van der Waals surface area contributed by atoms with E-state index in [9.17, 15) is 19.2 Å². The van der Waals surface area contributed by atoms with E-state index in [1.807, 2.05) is 12.1 Å². The molecule has 138 valence electrons. The minimum atomic E-state index is -0.360. The summed E-state index contributed by atoms with van der Waals surface area (Å²) in [5.41, 5.74) is 1.03. The molecule has 4 amide bonds. The fraction of sp³-hybridized carbons (Fsp3) is 0. The molecule has 0 fully saturated rings. The fourth-order valence-corrected chi connectivity index (χ4v) is 4.75. The Morgan fingerprint density at radius 2 is 0.893 bits per heavy atom. The predicted octanol–water partition coefficient (Wildman–Crippen LogP) is 3.34. The number of anilines is 2. The van der Waals surface area contributed by atoms with Crippen LogP contribution in [0.4, 0.5) is 11.4 Å². The van der Waals surface area contributed by atoms with E-state index in [-0.39, 0.29) is 23.6 Å². The minimum Gasteiger partial charge on any atom is -0.269 e. The van der Waals surface area contributed by atoms with Crippen LogP contribution in [0, 0.1) is 0 Å². The number of nitrogens with zero attached hydrogens (tertiary/aromatic N) is 2. The van der Waals surface area contributed by atoms with E-state index in [0.29, 0.717) is 11.4 Å². The van der Waals surface area contributed by atoms with Gasteiger partial charge in [0.15, 0.2) is 0 Å². The minimum absolute atomic E-state index is 0.360. The van der Waals surface area contributed by atoms with Crippen LogP contribution < -0.4 is 9.80 Å². The van der Waals surface area contributed by atoms with Gasteiger partial charge in [-0.3, -0.25) is 19.2 Å². The van der Waals surface area contributed by atoms with Crippen LogP contribution >= 0.6 is 21.6 Å². The Bertz CT molecular complexity index is 956. The molecule has 2 aliphatic rings.